The van der Waals surface area contributed by atoms with Crippen LogP contribution in [0.25, 0.3) is 5.57 Å². The van der Waals surface area contributed by atoms with E-state index in [1.165, 1.54) is 27.8 Å². The Balaban J connectivity index is 2.49. The van der Waals surface area contributed by atoms with Crippen molar-refractivity contribution in [3.05, 3.63) is 53.1 Å². The summed E-state index contributed by atoms with van der Waals surface area (Å²) in [6.07, 6.45) is 7.78. The molecule has 0 spiro atoms. The average molecular weight is 279 g/mol. The van der Waals surface area contributed by atoms with Crippen molar-refractivity contribution in [2.24, 2.45) is 11.8 Å². The normalized spacial score (nSPS) is 16.8. The fourth-order valence-electron chi connectivity index (χ4n) is 3.12. The third kappa shape index (κ3) is 3.27. The molecule has 0 aromatic heterocycles. The van der Waals surface area contributed by atoms with Crippen LogP contribution in [0.2, 0.25) is 0 Å². The van der Waals surface area contributed by atoms with Crippen molar-refractivity contribution in [1.29, 1.82) is 5.26 Å². The summed E-state index contributed by atoms with van der Waals surface area (Å²) >= 11 is 0. The topological polar surface area (TPSA) is 23.8 Å². The van der Waals surface area contributed by atoms with E-state index in [0.717, 1.165) is 25.7 Å². The zero-order chi connectivity index (χ0) is 15.4. The van der Waals surface area contributed by atoms with E-state index in [1.807, 2.05) is 6.08 Å². The van der Waals surface area contributed by atoms with Gasteiger partial charge in [0.15, 0.2) is 0 Å². The standard InChI is InChI=1S/C20H25N/c1-5-6-19-18(13-15(4)14(2)3)10-9-16-7-8-17(11-12-21)20(16)19/h5,9-11,14-15H,1,6-8,13H2,2-4H3. The van der Waals surface area contributed by atoms with E-state index in [2.05, 4.69) is 45.6 Å². The molecule has 2 rings (SSSR count). The first-order chi connectivity index (χ1) is 10.1. The minimum absolute atomic E-state index is 0.663. The molecule has 0 amide bonds. The number of allylic oxidation sites excluding steroid dienone is 3. The van der Waals surface area contributed by atoms with Gasteiger partial charge in [-0.1, -0.05) is 39.0 Å². The molecule has 1 heteroatoms. The lowest BCUT2D eigenvalue weighted by Gasteiger charge is -2.20. The second-order valence-corrected chi connectivity index (χ2v) is 6.45. The summed E-state index contributed by atoms with van der Waals surface area (Å²) in [4.78, 5) is 0. The molecule has 1 aliphatic rings. The van der Waals surface area contributed by atoms with Gasteiger partial charge in [-0.3, -0.25) is 0 Å². The van der Waals surface area contributed by atoms with Crippen LogP contribution < -0.4 is 0 Å². The molecule has 0 bridgehead atoms. The molecule has 1 atom stereocenters. The Hall–Kier alpha value is -1.81. The molecule has 0 saturated heterocycles. The van der Waals surface area contributed by atoms with Crippen molar-refractivity contribution in [3.63, 3.8) is 0 Å². The second kappa shape index (κ2) is 6.76. The SMILES string of the molecule is C=CCc1c(CC(C)C(C)C)ccc2c1C(=CC#N)CC2. The van der Waals surface area contributed by atoms with E-state index in [0.29, 0.717) is 11.8 Å². The first kappa shape index (κ1) is 15.6. The molecule has 0 heterocycles. The van der Waals surface area contributed by atoms with Crippen LogP contribution in [0.3, 0.4) is 0 Å². The summed E-state index contributed by atoms with van der Waals surface area (Å²) in [6, 6.07) is 6.77. The molecule has 1 aliphatic carbocycles. The highest BCUT2D eigenvalue weighted by atomic mass is 14.3. The zero-order valence-electron chi connectivity index (χ0n) is 13.4. The van der Waals surface area contributed by atoms with Crippen molar-refractivity contribution < 1.29 is 0 Å². The number of nitriles is 1. The predicted molar refractivity (Wildman–Crippen MR) is 90.0 cm³/mol. The maximum Gasteiger partial charge on any atom is 0.0915 e. The van der Waals surface area contributed by atoms with Crippen molar-refractivity contribution in [2.75, 3.05) is 0 Å². The van der Waals surface area contributed by atoms with Gasteiger partial charge in [-0.2, -0.15) is 5.26 Å². The van der Waals surface area contributed by atoms with Gasteiger partial charge in [-0.25, -0.2) is 0 Å². The third-order valence-corrected chi connectivity index (χ3v) is 4.75. The molecular formula is C20H25N. The van der Waals surface area contributed by atoms with E-state index in [9.17, 15) is 0 Å². The van der Waals surface area contributed by atoms with Crippen LogP contribution in [-0.4, -0.2) is 0 Å². The monoisotopic (exact) mass is 279 g/mol. The Labute approximate surface area is 129 Å². The van der Waals surface area contributed by atoms with Crippen LogP contribution in [-0.2, 0) is 19.3 Å². The molecule has 0 aliphatic heterocycles. The Morgan fingerprint density at radius 1 is 1.29 bits per heavy atom. The van der Waals surface area contributed by atoms with Crippen LogP contribution in [0, 0.1) is 23.2 Å². The number of hydrogen-bond donors (Lipinski definition) is 0. The number of hydrogen-bond acceptors (Lipinski definition) is 1. The predicted octanol–water partition coefficient (Wildman–Crippen LogP) is 5.10. The van der Waals surface area contributed by atoms with Gasteiger partial charge in [0.05, 0.1) is 6.07 Å². The minimum Gasteiger partial charge on any atom is -0.193 e. The summed E-state index contributed by atoms with van der Waals surface area (Å²) in [5.41, 5.74) is 6.78. The second-order valence-electron chi connectivity index (χ2n) is 6.45. The summed E-state index contributed by atoms with van der Waals surface area (Å²) in [5.74, 6) is 1.35. The lowest BCUT2D eigenvalue weighted by Crippen LogP contribution is -2.10. The molecule has 1 aromatic rings. The van der Waals surface area contributed by atoms with Crippen LogP contribution in [0.5, 0.6) is 0 Å². The Kier molecular flexibility index (Phi) is 5.02. The van der Waals surface area contributed by atoms with E-state index < -0.39 is 0 Å². The summed E-state index contributed by atoms with van der Waals surface area (Å²) in [5, 5.41) is 9.01. The number of fused-ring (bicyclic) bond motifs is 1. The summed E-state index contributed by atoms with van der Waals surface area (Å²) in [7, 11) is 0. The Morgan fingerprint density at radius 2 is 2.05 bits per heavy atom. The first-order valence-corrected chi connectivity index (χ1v) is 7.92. The number of aryl methyl sites for hydroxylation is 1. The van der Waals surface area contributed by atoms with Gasteiger partial charge < -0.3 is 0 Å². The van der Waals surface area contributed by atoms with Crippen molar-refractivity contribution in [2.45, 2.75) is 46.5 Å². The molecule has 1 unspecified atom stereocenters. The van der Waals surface area contributed by atoms with E-state index in [4.69, 9.17) is 5.26 Å². The molecule has 1 aromatic carbocycles. The highest BCUT2D eigenvalue weighted by Gasteiger charge is 2.22. The first-order valence-electron chi connectivity index (χ1n) is 7.92. The minimum atomic E-state index is 0.663. The molecule has 21 heavy (non-hydrogen) atoms. The largest absolute Gasteiger partial charge is 0.193 e. The van der Waals surface area contributed by atoms with Gasteiger partial charge in [-0.05, 0) is 65.3 Å². The van der Waals surface area contributed by atoms with Crippen molar-refractivity contribution in [1.82, 2.24) is 0 Å². The molecule has 110 valence electrons. The van der Waals surface area contributed by atoms with E-state index in [1.54, 1.807) is 6.08 Å². The molecule has 0 saturated carbocycles. The maximum absolute atomic E-state index is 9.01. The van der Waals surface area contributed by atoms with Gasteiger partial charge in [-0.15, -0.1) is 6.58 Å². The molecule has 0 radical (unpaired) electrons. The lowest BCUT2D eigenvalue weighted by atomic mass is 9.85. The fraction of sp³-hybridized carbons (Fsp3) is 0.450. The van der Waals surface area contributed by atoms with Crippen LogP contribution in [0.15, 0.2) is 30.9 Å². The molecular weight excluding hydrogens is 254 g/mol. The lowest BCUT2D eigenvalue weighted by molar-refractivity contribution is 0.416. The van der Waals surface area contributed by atoms with E-state index in [-0.39, 0.29) is 0 Å². The highest BCUT2D eigenvalue weighted by Crippen LogP contribution is 2.37. The Bertz CT molecular complexity index is 599. The zero-order valence-corrected chi connectivity index (χ0v) is 13.4. The summed E-state index contributed by atoms with van der Waals surface area (Å²) in [6.45, 7) is 10.8. The van der Waals surface area contributed by atoms with Gasteiger partial charge in [0.2, 0.25) is 0 Å². The molecule has 0 N–H and O–H groups in total. The van der Waals surface area contributed by atoms with Crippen LogP contribution in [0.4, 0.5) is 0 Å². The van der Waals surface area contributed by atoms with Gasteiger partial charge >= 0.3 is 0 Å². The number of benzene rings is 1. The van der Waals surface area contributed by atoms with Crippen LogP contribution in [0.1, 0.15) is 49.4 Å². The number of rotatable bonds is 5. The van der Waals surface area contributed by atoms with Crippen LogP contribution >= 0.6 is 0 Å². The smallest absolute Gasteiger partial charge is 0.0915 e. The van der Waals surface area contributed by atoms with Gasteiger partial charge in [0, 0.05) is 6.08 Å². The maximum atomic E-state index is 9.01. The summed E-state index contributed by atoms with van der Waals surface area (Å²) < 4.78 is 0. The fourth-order valence-corrected chi connectivity index (χ4v) is 3.12. The van der Waals surface area contributed by atoms with Gasteiger partial charge in [0.1, 0.15) is 0 Å². The third-order valence-electron chi connectivity index (χ3n) is 4.75. The highest BCUT2D eigenvalue weighted by molar-refractivity contribution is 5.77. The van der Waals surface area contributed by atoms with Crippen molar-refractivity contribution >= 4 is 5.57 Å². The van der Waals surface area contributed by atoms with E-state index >= 15 is 0 Å². The van der Waals surface area contributed by atoms with Crippen molar-refractivity contribution in [3.8, 4) is 6.07 Å². The van der Waals surface area contributed by atoms with Gasteiger partial charge in [0.25, 0.3) is 0 Å². The Morgan fingerprint density at radius 3 is 2.67 bits per heavy atom. The number of nitrogens with zero attached hydrogens (tertiary/aromatic N) is 1. The molecule has 1 nitrogen and oxygen atoms in total. The average Bonchev–Trinajstić information content (AvgIpc) is 2.85. The quantitative estimate of drug-likeness (QED) is 0.543. The molecule has 0 fully saturated rings.